The van der Waals surface area contributed by atoms with Gasteiger partial charge in [0.1, 0.15) is 12.1 Å². The third-order valence-corrected chi connectivity index (χ3v) is 17.7. The van der Waals surface area contributed by atoms with Gasteiger partial charge in [-0.1, -0.05) is 54.6 Å². The fraction of sp³-hybridized carbons (Fsp3) is 0.950. The summed E-state index contributed by atoms with van der Waals surface area (Å²) in [4.78, 5) is 13.4. The lowest BCUT2D eigenvalue weighted by atomic mass is 9.94. The summed E-state index contributed by atoms with van der Waals surface area (Å²) >= 11 is 0. The zero-order valence-electron chi connectivity index (χ0n) is 20.4. The van der Waals surface area contributed by atoms with Gasteiger partial charge in [0.2, 0.25) is 5.91 Å². The van der Waals surface area contributed by atoms with E-state index in [2.05, 4.69) is 98.9 Å². The summed E-state index contributed by atoms with van der Waals surface area (Å²) in [5, 5.41) is 0.223. The van der Waals surface area contributed by atoms with Crippen LogP contribution in [0.15, 0.2) is 0 Å². The van der Waals surface area contributed by atoms with Crippen molar-refractivity contribution in [2.24, 2.45) is 5.92 Å². The molecule has 3 atom stereocenters. The van der Waals surface area contributed by atoms with Crippen LogP contribution >= 0.6 is 0 Å². The molecule has 1 aliphatic rings. The maximum Gasteiger partial charge on any atom is 0.226 e. The number of carbonyl (C=O) groups is 1. The predicted octanol–water partition coefficient (Wildman–Crippen LogP) is 6.04. The van der Waals surface area contributed by atoms with Crippen LogP contribution in [0.2, 0.25) is 55.9 Å². The molecule has 1 heterocycles. The van der Waals surface area contributed by atoms with Crippen molar-refractivity contribution in [1.82, 2.24) is 4.57 Å². The molecular weight excluding hydrogens is 386 g/mol. The highest BCUT2D eigenvalue weighted by Gasteiger charge is 2.61. The Morgan fingerprint density at radius 3 is 1.67 bits per heavy atom. The van der Waals surface area contributed by atoms with Crippen molar-refractivity contribution in [1.29, 1.82) is 0 Å². The molecule has 0 spiro atoms. The van der Waals surface area contributed by atoms with Gasteiger partial charge >= 0.3 is 0 Å². The van der Waals surface area contributed by atoms with Crippen LogP contribution in [0.4, 0.5) is 0 Å². The minimum atomic E-state index is -1.99. The normalized spacial score (nSPS) is 24.1. The molecule has 4 nitrogen and oxygen atoms in total. The summed E-state index contributed by atoms with van der Waals surface area (Å²) in [6.45, 7) is 31.3. The maximum atomic E-state index is 13.4. The number of hydrogen-bond acceptors (Lipinski definition) is 3. The number of hydrogen-bond donors (Lipinski definition) is 0. The second-order valence-corrected chi connectivity index (χ2v) is 26.6. The van der Waals surface area contributed by atoms with Crippen LogP contribution in [-0.4, -0.2) is 47.7 Å². The summed E-state index contributed by atoms with van der Waals surface area (Å²) in [7, 11) is -5.73. The molecule has 1 fully saturated rings. The van der Waals surface area contributed by atoms with Crippen LogP contribution in [-0.2, 0) is 13.6 Å². The Balaban J connectivity index is 3.19. The lowest BCUT2D eigenvalue weighted by Crippen LogP contribution is -2.76. The first-order chi connectivity index (χ1) is 11.6. The Hall–Kier alpha value is 0.0406. The number of β-lactam (4-membered cyclic amide) rings is 1. The van der Waals surface area contributed by atoms with Crippen LogP contribution in [0, 0.1) is 5.92 Å². The highest BCUT2D eigenvalue weighted by molar-refractivity contribution is 6.80. The molecular formula is C20H45NO3Si3. The van der Waals surface area contributed by atoms with Crippen LogP contribution in [0.5, 0.6) is 0 Å². The average Bonchev–Trinajstić information content (AvgIpc) is 2.32. The Morgan fingerprint density at radius 2 is 1.33 bits per heavy atom. The van der Waals surface area contributed by atoms with E-state index in [-0.39, 0.29) is 34.2 Å². The summed E-state index contributed by atoms with van der Waals surface area (Å²) in [5.74, 6) is 0.0519. The molecule has 0 N–H and O–H groups in total. The van der Waals surface area contributed by atoms with Gasteiger partial charge in [0.15, 0.2) is 24.9 Å². The van der Waals surface area contributed by atoms with E-state index in [0.29, 0.717) is 0 Å². The minimum absolute atomic E-state index is 0.0954. The van der Waals surface area contributed by atoms with Gasteiger partial charge in [-0.25, -0.2) is 0 Å². The maximum absolute atomic E-state index is 13.4. The monoisotopic (exact) mass is 431 g/mol. The van der Waals surface area contributed by atoms with E-state index in [0.717, 1.165) is 0 Å². The minimum Gasteiger partial charge on any atom is -0.413 e. The molecule has 27 heavy (non-hydrogen) atoms. The molecule has 1 saturated heterocycles. The van der Waals surface area contributed by atoms with Gasteiger partial charge in [-0.05, 0) is 49.7 Å². The van der Waals surface area contributed by atoms with Crippen molar-refractivity contribution in [2.75, 3.05) is 0 Å². The zero-order chi connectivity index (χ0) is 21.8. The molecule has 0 bridgehead atoms. The summed E-state index contributed by atoms with van der Waals surface area (Å²) < 4.78 is 15.3. The summed E-state index contributed by atoms with van der Waals surface area (Å²) in [6, 6.07) is 0. The molecule has 7 heteroatoms. The Bertz CT molecular complexity index is 556. The molecule has 0 aromatic carbocycles. The van der Waals surface area contributed by atoms with E-state index < -0.39 is 24.9 Å². The number of carbonyl (C=O) groups excluding carboxylic acids is 1. The smallest absolute Gasteiger partial charge is 0.226 e. The predicted molar refractivity (Wildman–Crippen MR) is 123 cm³/mol. The first-order valence-corrected chi connectivity index (χ1v) is 19.6. The fourth-order valence-corrected chi connectivity index (χ4v) is 7.86. The molecule has 2 unspecified atom stereocenters. The standard InChI is InChI=1S/C20H45NO3Si3/c1-15(23-27(13,14)20(5,6)7)16-17(22)21(18(16)24-25(8,9)10)26(11,12)19(2,3)4/h15-16,18H,1-14H3/t15-,16?,18?/m1/s1. The number of rotatable bonds is 6. The quantitative estimate of drug-likeness (QED) is 0.380. The van der Waals surface area contributed by atoms with Gasteiger partial charge in [-0.3, -0.25) is 4.79 Å². The van der Waals surface area contributed by atoms with Crippen molar-refractivity contribution < 1.29 is 13.6 Å². The van der Waals surface area contributed by atoms with E-state index in [1.165, 1.54) is 0 Å². The summed E-state index contributed by atoms with van der Waals surface area (Å²) in [6.07, 6.45) is -0.245. The van der Waals surface area contributed by atoms with Crippen molar-refractivity contribution in [3.05, 3.63) is 0 Å². The molecule has 1 rings (SSSR count). The van der Waals surface area contributed by atoms with Crippen molar-refractivity contribution in [3.8, 4) is 0 Å². The molecule has 1 aliphatic heterocycles. The van der Waals surface area contributed by atoms with E-state index in [1.54, 1.807) is 0 Å². The van der Waals surface area contributed by atoms with Crippen LogP contribution < -0.4 is 0 Å². The van der Waals surface area contributed by atoms with Gasteiger partial charge in [0.05, 0.1) is 6.10 Å². The van der Waals surface area contributed by atoms with Crippen molar-refractivity contribution in [3.63, 3.8) is 0 Å². The average molecular weight is 432 g/mol. The van der Waals surface area contributed by atoms with E-state index >= 15 is 0 Å². The highest BCUT2D eigenvalue weighted by Crippen LogP contribution is 2.48. The Morgan fingerprint density at radius 1 is 0.889 bits per heavy atom. The SMILES string of the molecule is C[C@@H](O[Si](C)(C)C(C)(C)C)C1C(=O)N([Si](C)(C)C(C)(C)C)C1O[Si](C)(C)C. The van der Waals surface area contributed by atoms with Crippen molar-refractivity contribution >= 4 is 30.8 Å². The number of amides is 1. The highest BCUT2D eigenvalue weighted by atomic mass is 28.4. The van der Waals surface area contributed by atoms with Gasteiger partial charge < -0.3 is 13.4 Å². The van der Waals surface area contributed by atoms with E-state index in [4.69, 9.17) is 8.85 Å². The molecule has 0 aromatic heterocycles. The third-order valence-electron chi connectivity index (χ3n) is 6.79. The van der Waals surface area contributed by atoms with E-state index in [1.807, 2.05) is 0 Å². The summed E-state index contributed by atoms with van der Waals surface area (Å²) in [5.41, 5.74) is 0. The first kappa shape index (κ1) is 25.1. The van der Waals surface area contributed by atoms with Gasteiger partial charge in [-0.2, -0.15) is 0 Å². The second-order valence-electron chi connectivity index (χ2n) is 12.2. The molecule has 160 valence electrons. The first-order valence-electron chi connectivity index (χ1n) is 10.3. The number of nitrogens with zero attached hydrogens (tertiary/aromatic N) is 1. The fourth-order valence-electron chi connectivity index (χ4n) is 3.08. The molecule has 0 radical (unpaired) electrons. The van der Waals surface area contributed by atoms with Gasteiger partial charge in [0.25, 0.3) is 0 Å². The van der Waals surface area contributed by atoms with Crippen LogP contribution in [0.25, 0.3) is 0 Å². The Kier molecular flexibility index (Phi) is 6.85. The molecule has 1 amide bonds. The third kappa shape index (κ3) is 5.15. The lowest BCUT2D eigenvalue weighted by molar-refractivity contribution is -0.174. The topological polar surface area (TPSA) is 38.8 Å². The van der Waals surface area contributed by atoms with E-state index in [9.17, 15) is 4.79 Å². The van der Waals surface area contributed by atoms with Crippen molar-refractivity contribution in [2.45, 2.75) is 117 Å². The Labute approximate surface area is 171 Å². The molecule has 0 aromatic rings. The molecule has 0 saturated carbocycles. The molecule has 0 aliphatic carbocycles. The second kappa shape index (κ2) is 7.38. The van der Waals surface area contributed by atoms with Crippen LogP contribution in [0.3, 0.4) is 0 Å². The van der Waals surface area contributed by atoms with Crippen LogP contribution in [0.1, 0.15) is 48.5 Å². The van der Waals surface area contributed by atoms with Gasteiger partial charge in [0, 0.05) is 0 Å². The zero-order valence-corrected chi connectivity index (χ0v) is 23.4. The lowest BCUT2D eigenvalue weighted by Gasteiger charge is -2.60. The largest absolute Gasteiger partial charge is 0.413 e. The van der Waals surface area contributed by atoms with Gasteiger partial charge in [-0.15, -0.1) is 0 Å².